The summed E-state index contributed by atoms with van der Waals surface area (Å²) in [6.07, 6.45) is -5.22. The number of aliphatic carboxylic acids is 2. The topological polar surface area (TPSA) is 113 Å². The fourth-order valence-electron chi connectivity index (χ4n) is 0.710. The number of methoxy groups -OCH3 is 1. The van der Waals surface area contributed by atoms with Gasteiger partial charge in [0.15, 0.2) is 0 Å². The first-order valence-corrected chi connectivity index (χ1v) is 3.89. The second-order valence-corrected chi connectivity index (χ2v) is 2.68. The van der Waals surface area contributed by atoms with Crippen LogP contribution in [0.15, 0.2) is 0 Å². The standard InChI is InChI=1S/C7H9F2NO6/c1-16-7(8,9)6(15)10-3(5(13)14)2-4(11)12/h3H,2H2,1H3,(H,10,15)(H,11,12)(H,13,14). The molecule has 1 atom stereocenters. The van der Waals surface area contributed by atoms with Crippen LogP contribution in [0.25, 0.3) is 0 Å². The lowest BCUT2D eigenvalue weighted by Crippen LogP contribution is -2.49. The third kappa shape index (κ3) is 4.17. The normalized spacial score (nSPS) is 12.9. The van der Waals surface area contributed by atoms with Crippen molar-refractivity contribution in [2.45, 2.75) is 18.6 Å². The van der Waals surface area contributed by atoms with Gasteiger partial charge >= 0.3 is 24.0 Å². The Morgan fingerprint density at radius 3 is 2.19 bits per heavy atom. The van der Waals surface area contributed by atoms with Crippen molar-refractivity contribution in [1.82, 2.24) is 5.32 Å². The van der Waals surface area contributed by atoms with Crippen molar-refractivity contribution >= 4 is 17.8 Å². The maximum absolute atomic E-state index is 12.5. The van der Waals surface area contributed by atoms with E-state index in [1.54, 1.807) is 0 Å². The lowest BCUT2D eigenvalue weighted by Gasteiger charge is -2.17. The minimum atomic E-state index is -4.20. The number of hydrogen-bond donors (Lipinski definition) is 3. The molecule has 0 aliphatic heterocycles. The molecule has 1 amide bonds. The Bertz CT molecular complexity index is 305. The van der Waals surface area contributed by atoms with E-state index < -0.39 is 36.4 Å². The number of amides is 1. The Morgan fingerprint density at radius 1 is 1.38 bits per heavy atom. The second kappa shape index (κ2) is 5.35. The lowest BCUT2D eigenvalue weighted by atomic mass is 10.2. The summed E-state index contributed by atoms with van der Waals surface area (Å²) in [6, 6.07) is -1.94. The number of hydrogen-bond acceptors (Lipinski definition) is 4. The average Bonchev–Trinajstić information content (AvgIpc) is 2.15. The highest BCUT2D eigenvalue weighted by Crippen LogP contribution is 2.14. The summed E-state index contributed by atoms with van der Waals surface area (Å²) in [6.45, 7) is 0. The van der Waals surface area contributed by atoms with Gasteiger partial charge in [0, 0.05) is 7.11 Å². The summed E-state index contributed by atoms with van der Waals surface area (Å²) in [4.78, 5) is 31.4. The maximum atomic E-state index is 12.5. The van der Waals surface area contributed by atoms with Crippen molar-refractivity contribution in [3.8, 4) is 0 Å². The fourth-order valence-corrected chi connectivity index (χ4v) is 0.710. The van der Waals surface area contributed by atoms with Gasteiger partial charge in [-0.1, -0.05) is 0 Å². The number of rotatable bonds is 6. The van der Waals surface area contributed by atoms with Gasteiger partial charge in [0.25, 0.3) is 0 Å². The first-order valence-electron chi connectivity index (χ1n) is 3.89. The fraction of sp³-hybridized carbons (Fsp3) is 0.571. The number of carbonyl (C=O) groups is 3. The molecule has 0 aromatic carbocycles. The average molecular weight is 241 g/mol. The Morgan fingerprint density at radius 2 is 1.88 bits per heavy atom. The van der Waals surface area contributed by atoms with Crippen LogP contribution < -0.4 is 5.32 Å². The number of carbonyl (C=O) groups excluding carboxylic acids is 1. The van der Waals surface area contributed by atoms with Crippen LogP contribution in [0.4, 0.5) is 8.78 Å². The van der Waals surface area contributed by atoms with E-state index in [1.165, 1.54) is 5.32 Å². The highest BCUT2D eigenvalue weighted by atomic mass is 19.3. The minimum absolute atomic E-state index is 0.548. The smallest absolute Gasteiger partial charge is 0.436 e. The summed E-state index contributed by atoms with van der Waals surface area (Å²) in [7, 11) is 0.548. The van der Waals surface area contributed by atoms with Crippen LogP contribution >= 0.6 is 0 Å². The molecule has 9 heteroatoms. The van der Waals surface area contributed by atoms with Crippen LogP contribution in [0.3, 0.4) is 0 Å². The van der Waals surface area contributed by atoms with Gasteiger partial charge in [0.2, 0.25) is 0 Å². The molecule has 0 fully saturated rings. The van der Waals surface area contributed by atoms with Gasteiger partial charge in [-0.2, -0.15) is 8.78 Å². The Hall–Kier alpha value is -1.77. The molecule has 7 nitrogen and oxygen atoms in total. The Labute approximate surface area is 88.0 Å². The Balaban J connectivity index is 4.58. The van der Waals surface area contributed by atoms with Gasteiger partial charge in [-0.3, -0.25) is 9.59 Å². The predicted octanol–water partition coefficient (Wildman–Crippen LogP) is -0.730. The molecule has 0 saturated carbocycles. The summed E-state index contributed by atoms with van der Waals surface area (Å²) in [5.41, 5.74) is 0. The molecule has 0 heterocycles. The third-order valence-electron chi connectivity index (χ3n) is 1.50. The molecule has 0 bridgehead atoms. The molecule has 0 spiro atoms. The van der Waals surface area contributed by atoms with Gasteiger partial charge < -0.3 is 20.3 Å². The van der Waals surface area contributed by atoms with E-state index in [2.05, 4.69) is 4.74 Å². The molecule has 0 aliphatic rings. The summed E-state index contributed by atoms with van der Waals surface area (Å²) in [5, 5.41) is 18.1. The molecule has 0 aliphatic carbocycles. The van der Waals surface area contributed by atoms with E-state index in [4.69, 9.17) is 10.2 Å². The van der Waals surface area contributed by atoms with Crippen LogP contribution in [0.1, 0.15) is 6.42 Å². The molecule has 92 valence electrons. The highest BCUT2D eigenvalue weighted by molar-refractivity contribution is 5.89. The zero-order valence-electron chi connectivity index (χ0n) is 8.07. The molecular formula is C7H9F2NO6. The van der Waals surface area contributed by atoms with E-state index in [-0.39, 0.29) is 0 Å². The van der Waals surface area contributed by atoms with Crippen LogP contribution in [0.5, 0.6) is 0 Å². The molecule has 0 saturated heterocycles. The number of carboxylic acid groups (broad SMARTS) is 2. The van der Waals surface area contributed by atoms with E-state index in [0.717, 1.165) is 0 Å². The van der Waals surface area contributed by atoms with E-state index in [9.17, 15) is 23.2 Å². The lowest BCUT2D eigenvalue weighted by molar-refractivity contribution is -0.219. The van der Waals surface area contributed by atoms with Gasteiger partial charge in [-0.05, 0) is 0 Å². The number of halogens is 2. The van der Waals surface area contributed by atoms with Gasteiger partial charge in [0.1, 0.15) is 6.04 Å². The molecule has 0 radical (unpaired) electrons. The van der Waals surface area contributed by atoms with Crippen LogP contribution in [-0.2, 0) is 19.1 Å². The van der Waals surface area contributed by atoms with E-state index in [0.29, 0.717) is 7.11 Å². The highest BCUT2D eigenvalue weighted by Gasteiger charge is 2.41. The van der Waals surface area contributed by atoms with Gasteiger partial charge in [0.05, 0.1) is 6.42 Å². The first kappa shape index (κ1) is 14.2. The number of alkyl halides is 2. The minimum Gasteiger partial charge on any atom is -0.481 e. The molecule has 0 aromatic rings. The summed E-state index contributed by atoms with van der Waals surface area (Å²) >= 11 is 0. The van der Waals surface area contributed by atoms with Crippen molar-refractivity contribution in [3.63, 3.8) is 0 Å². The first-order chi connectivity index (χ1) is 7.20. The van der Waals surface area contributed by atoms with Crippen molar-refractivity contribution in [2.75, 3.05) is 7.11 Å². The summed E-state index contributed by atoms with van der Waals surface area (Å²) in [5.74, 6) is -5.29. The zero-order valence-corrected chi connectivity index (χ0v) is 8.07. The van der Waals surface area contributed by atoms with Crippen LogP contribution in [-0.4, -0.2) is 47.3 Å². The number of ether oxygens (including phenoxy) is 1. The SMILES string of the molecule is COC(F)(F)C(=O)NC(CC(=O)O)C(=O)O. The Kier molecular flexibility index (Phi) is 4.76. The zero-order chi connectivity index (χ0) is 12.9. The van der Waals surface area contributed by atoms with Gasteiger partial charge in [-0.25, -0.2) is 4.79 Å². The summed E-state index contributed by atoms with van der Waals surface area (Å²) < 4.78 is 28.6. The molecule has 0 aromatic heterocycles. The number of nitrogens with one attached hydrogen (secondary N) is 1. The van der Waals surface area contributed by atoms with Crippen molar-refractivity contribution in [1.29, 1.82) is 0 Å². The molecule has 0 rings (SSSR count). The maximum Gasteiger partial charge on any atom is 0.436 e. The van der Waals surface area contributed by atoms with E-state index >= 15 is 0 Å². The van der Waals surface area contributed by atoms with E-state index in [1.807, 2.05) is 0 Å². The largest absolute Gasteiger partial charge is 0.481 e. The molecule has 16 heavy (non-hydrogen) atoms. The van der Waals surface area contributed by atoms with Crippen molar-refractivity contribution in [2.24, 2.45) is 0 Å². The molecule has 1 unspecified atom stereocenters. The van der Waals surface area contributed by atoms with Crippen molar-refractivity contribution < 1.29 is 38.1 Å². The second-order valence-electron chi connectivity index (χ2n) is 2.68. The molecular weight excluding hydrogens is 232 g/mol. The number of carboxylic acids is 2. The van der Waals surface area contributed by atoms with Crippen LogP contribution in [0.2, 0.25) is 0 Å². The van der Waals surface area contributed by atoms with Gasteiger partial charge in [-0.15, -0.1) is 0 Å². The monoisotopic (exact) mass is 241 g/mol. The third-order valence-corrected chi connectivity index (χ3v) is 1.50. The van der Waals surface area contributed by atoms with Crippen LogP contribution in [0, 0.1) is 0 Å². The van der Waals surface area contributed by atoms with Crippen molar-refractivity contribution in [3.05, 3.63) is 0 Å². The predicted molar refractivity (Wildman–Crippen MR) is 43.8 cm³/mol. The quantitative estimate of drug-likeness (QED) is 0.565. The molecule has 3 N–H and O–H groups in total.